The van der Waals surface area contributed by atoms with Gasteiger partial charge in [-0.25, -0.2) is 4.79 Å². The molecule has 5 nitrogen and oxygen atoms in total. The largest absolute Gasteiger partial charge is 0.457 e. The van der Waals surface area contributed by atoms with Gasteiger partial charge in [0.2, 0.25) is 0 Å². The Labute approximate surface area is 122 Å². The summed E-state index contributed by atoms with van der Waals surface area (Å²) in [6, 6.07) is 11.0. The molecule has 1 aromatic carbocycles. The van der Waals surface area contributed by atoms with Crippen molar-refractivity contribution in [3.05, 3.63) is 59.3 Å². The molecular weight excluding hydrogens is 266 g/mol. The van der Waals surface area contributed by atoms with Crippen molar-refractivity contribution in [2.24, 2.45) is 0 Å². The number of carbonyl (C=O) groups is 1. The molecule has 0 bridgehead atoms. The normalized spacial score (nSPS) is 9.81. The number of nitrogens with zero attached hydrogens (tertiary/aromatic N) is 3. The van der Waals surface area contributed by atoms with E-state index in [1.54, 1.807) is 19.2 Å². The Morgan fingerprint density at radius 3 is 2.76 bits per heavy atom. The monoisotopic (exact) mass is 281 g/mol. The Bertz CT molecular complexity index is 705. The maximum absolute atomic E-state index is 11.9. The molecule has 0 amide bonds. The van der Waals surface area contributed by atoms with Crippen LogP contribution in [0.25, 0.3) is 16.8 Å². The lowest BCUT2D eigenvalue weighted by atomic mass is 9.97. The first-order valence-electron chi connectivity index (χ1n) is 6.59. The van der Waals surface area contributed by atoms with Gasteiger partial charge in [-0.3, -0.25) is 4.98 Å². The van der Waals surface area contributed by atoms with Gasteiger partial charge in [0.15, 0.2) is 0 Å². The first-order chi connectivity index (χ1) is 10.2. The van der Waals surface area contributed by atoms with Crippen LogP contribution in [-0.4, -0.2) is 28.1 Å². The van der Waals surface area contributed by atoms with Crippen LogP contribution < -0.4 is 0 Å². The highest BCUT2D eigenvalue weighted by Crippen LogP contribution is 2.23. The lowest BCUT2D eigenvalue weighted by Gasteiger charge is -2.07. The van der Waals surface area contributed by atoms with Crippen molar-refractivity contribution in [1.29, 1.82) is 0 Å². The average molecular weight is 281 g/mol. The Morgan fingerprint density at radius 2 is 2.14 bits per heavy atom. The van der Waals surface area contributed by atoms with Crippen molar-refractivity contribution >= 4 is 11.7 Å². The van der Waals surface area contributed by atoms with Crippen LogP contribution in [0.2, 0.25) is 0 Å². The van der Waals surface area contributed by atoms with E-state index >= 15 is 0 Å². The van der Waals surface area contributed by atoms with Crippen LogP contribution in [0, 0.1) is 6.92 Å². The molecule has 0 unspecified atom stereocenters. The maximum Gasteiger partial charge on any atom is 0.422 e. The fraction of sp³-hybridized carbons (Fsp3) is 0.188. The highest BCUT2D eigenvalue weighted by molar-refractivity contribution is 6.42. The molecule has 21 heavy (non-hydrogen) atoms. The van der Waals surface area contributed by atoms with Crippen molar-refractivity contribution in [3.63, 3.8) is 0 Å². The lowest BCUT2D eigenvalue weighted by molar-refractivity contribution is -0.139. The van der Waals surface area contributed by atoms with Gasteiger partial charge in [0.1, 0.15) is 0 Å². The van der Waals surface area contributed by atoms with Crippen molar-refractivity contribution in [2.45, 2.75) is 13.8 Å². The molecule has 0 spiro atoms. The zero-order chi connectivity index (χ0) is 15.2. The summed E-state index contributed by atoms with van der Waals surface area (Å²) in [6.45, 7) is 3.85. The van der Waals surface area contributed by atoms with Crippen LogP contribution in [0.15, 0.2) is 42.6 Å². The number of aryl methyl sites for hydroxylation is 1. The van der Waals surface area contributed by atoms with Crippen LogP contribution >= 0.6 is 0 Å². The van der Waals surface area contributed by atoms with E-state index in [0.29, 0.717) is 11.3 Å². The molecule has 0 aliphatic carbocycles. The standard InChI is InChI=1S/C16H15N3O2/c1-3-21-16(20)15(19-17)12-8-7-11(2)10-13(12)14-6-4-5-9-18-14/h4-10H,3H2,1-2H3. The molecule has 1 aromatic heterocycles. The summed E-state index contributed by atoms with van der Waals surface area (Å²) in [6.07, 6.45) is 1.67. The minimum absolute atomic E-state index is 0.127. The van der Waals surface area contributed by atoms with Crippen molar-refractivity contribution in [3.8, 4) is 11.3 Å². The zero-order valence-electron chi connectivity index (χ0n) is 11.9. The third-order valence-electron chi connectivity index (χ3n) is 2.94. The first kappa shape index (κ1) is 14.6. The highest BCUT2D eigenvalue weighted by Gasteiger charge is 2.27. The number of aromatic nitrogens is 1. The van der Waals surface area contributed by atoms with E-state index in [2.05, 4.69) is 9.77 Å². The molecule has 0 saturated carbocycles. The van der Waals surface area contributed by atoms with E-state index in [0.717, 1.165) is 11.1 Å². The Morgan fingerprint density at radius 1 is 1.33 bits per heavy atom. The molecule has 0 atom stereocenters. The zero-order valence-corrected chi connectivity index (χ0v) is 11.9. The van der Waals surface area contributed by atoms with Crippen LogP contribution in [0.4, 0.5) is 0 Å². The van der Waals surface area contributed by atoms with E-state index in [9.17, 15) is 10.3 Å². The smallest absolute Gasteiger partial charge is 0.422 e. The van der Waals surface area contributed by atoms with Crippen LogP contribution in [0.3, 0.4) is 0 Å². The van der Waals surface area contributed by atoms with Crippen molar-refractivity contribution in [2.75, 3.05) is 6.61 Å². The molecule has 106 valence electrons. The molecule has 0 radical (unpaired) electrons. The number of ether oxygens (including phenoxy) is 1. The molecule has 0 aliphatic rings. The van der Waals surface area contributed by atoms with E-state index in [-0.39, 0.29) is 12.3 Å². The van der Waals surface area contributed by atoms with E-state index in [1.807, 2.05) is 37.3 Å². The second-order valence-corrected chi connectivity index (χ2v) is 4.43. The molecule has 0 fully saturated rings. The number of pyridine rings is 1. The summed E-state index contributed by atoms with van der Waals surface area (Å²) in [7, 11) is 0. The van der Waals surface area contributed by atoms with E-state index in [4.69, 9.17) is 4.74 Å². The van der Waals surface area contributed by atoms with Crippen molar-refractivity contribution < 1.29 is 14.3 Å². The molecule has 2 aromatic rings. The molecule has 2 rings (SSSR count). The molecule has 1 heterocycles. The Kier molecular flexibility index (Phi) is 4.59. The second-order valence-electron chi connectivity index (χ2n) is 4.43. The van der Waals surface area contributed by atoms with Crippen LogP contribution in [0.5, 0.6) is 0 Å². The number of esters is 1. The van der Waals surface area contributed by atoms with Gasteiger partial charge in [0.05, 0.1) is 17.9 Å². The molecule has 5 heteroatoms. The number of benzene rings is 1. The maximum atomic E-state index is 11.9. The van der Waals surface area contributed by atoms with Gasteiger partial charge in [0.25, 0.3) is 0 Å². The number of hydrogen-bond donors (Lipinski definition) is 0. The van der Waals surface area contributed by atoms with Gasteiger partial charge in [-0.2, -0.15) is 4.79 Å². The highest BCUT2D eigenvalue weighted by atomic mass is 16.5. The van der Waals surface area contributed by atoms with Crippen LogP contribution in [-0.2, 0) is 9.53 Å². The number of rotatable bonds is 4. The molecular formula is C16H15N3O2. The van der Waals surface area contributed by atoms with E-state index in [1.165, 1.54) is 0 Å². The predicted molar refractivity (Wildman–Crippen MR) is 78.8 cm³/mol. The lowest BCUT2D eigenvalue weighted by Crippen LogP contribution is -2.20. The molecule has 0 saturated heterocycles. The topological polar surface area (TPSA) is 75.6 Å². The summed E-state index contributed by atoms with van der Waals surface area (Å²) in [5, 5.41) is 0. The van der Waals surface area contributed by atoms with Gasteiger partial charge < -0.3 is 10.3 Å². The van der Waals surface area contributed by atoms with Gasteiger partial charge in [-0.15, -0.1) is 0 Å². The fourth-order valence-electron chi connectivity index (χ4n) is 2.00. The quantitative estimate of drug-likeness (QED) is 0.374. The SMILES string of the molecule is CCOC(=O)C(=[N+]=[N-])c1ccc(C)cc1-c1ccccn1. The summed E-state index contributed by atoms with van der Waals surface area (Å²) in [5.41, 5.74) is 12.0. The Balaban J connectivity index is 2.59. The summed E-state index contributed by atoms with van der Waals surface area (Å²) < 4.78 is 4.92. The minimum Gasteiger partial charge on any atom is -0.457 e. The first-order valence-corrected chi connectivity index (χ1v) is 6.59. The van der Waals surface area contributed by atoms with Gasteiger partial charge >= 0.3 is 11.7 Å². The average Bonchev–Trinajstić information content (AvgIpc) is 2.50. The summed E-state index contributed by atoms with van der Waals surface area (Å²) in [4.78, 5) is 19.3. The number of carbonyl (C=O) groups excluding carboxylic acids is 1. The van der Waals surface area contributed by atoms with Crippen LogP contribution in [0.1, 0.15) is 18.1 Å². The number of hydrogen-bond acceptors (Lipinski definition) is 3. The minimum atomic E-state index is -0.666. The van der Waals surface area contributed by atoms with Crippen molar-refractivity contribution in [1.82, 2.24) is 4.98 Å². The molecule has 0 aliphatic heterocycles. The summed E-state index contributed by atoms with van der Waals surface area (Å²) in [5.74, 6) is -0.666. The fourth-order valence-corrected chi connectivity index (χ4v) is 2.00. The second kappa shape index (κ2) is 6.59. The van der Waals surface area contributed by atoms with Gasteiger partial charge in [-0.05, 0) is 38.1 Å². The van der Waals surface area contributed by atoms with Gasteiger partial charge in [-0.1, -0.05) is 17.7 Å². The summed E-state index contributed by atoms with van der Waals surface area (Å²) >= 11 is 0. The third-order valence-corrected chi connectivity index (χ3v) is 2.94. The van der Waals surface area contributed by atoms with E-state index < -0.39 is 5.97 Å². The van der Waals surface area contributed by atoms with Gasteiger partial charge in [0, 0.05) is 11.8 Å². The Hall–Kier alpha value is -2.78. The third kappa shape index (κ3) is 3.22. The molecule has 0 N–H and O–H groups in total. The predicted octanol–water partition coefficient (Wildman–Crippen LogP) is 2.64.